The number of nitrogens with one attached hydrogen (secondary N) is 1. The molecule has 2 rings (SSSR count). The van der Waals surface area contributed by atoms with E-state index in [-0.39, 0.29) is 28.7 Å². The Labute approximate surface area is 140 Å². The zero-order valence-electron chi connectivity index (χ0n) is 13.9. The highest BCUT2D eigenvalue weighted by molar-refractivity contribution is 7.99. The maximum absolute atomic E-state index is 12.4. The number of thioether (sulfide) groups is 1. The number of hydrogen-bond donors (Lipinski definition) is 2. The lowest BCUT2D eigenvalue weighted by Gasteiger charge is -2.25. The van der Waals surface area contributed by atoms with E-state index in [0.29, 0.717) is 12.2 Å². The molecule has 128 valence electrons. The van der Waals surface area contributed by atoms with Gasteiger partial charge in [-0.25, -0.2) is 4.98 Å². The van der Waals surface area contributed by atoms with Gasteiger partial charge in [-0.1, -0.05) is 6.92 Å². The predicted octanol–water partition coefficient (Wildman–Crippen LogP) is 0.526. The van der Waals surface area contributed by atoms with Crippen LogP contribution in [0.3, 0.4) is 0 Å². The number of rotatable bonds is 6. The van der Waals surface area contributed by atoms with Gasteiger partial charge in [0.15, 0.2) is 0 Å². The van der Waals surface area contributed by atoms with Gasteiger partial charge in [0.2, 0.25) is 11.9 Å². The van der Waals surface area contributed by atoms with Crippen molar-refractivity contribution in [1.29, 1.82) is 0 Å². The molecular weight excluding hydrogens is 314 g/mol. The van der Waals surface area contributed by atoms with E-state index >= 15 is 0 Å². The monoisotopic (exact) mass is 339 g/mol. The van der Waals surface area contributed by atoms with Crippen molar-refractivity contribution >= 4 is 23.6 Å². The number of H-pyrrole nitrogens is 1. The van der Waals surface area contributed by atoms with E-state index in [1.54, 1.807) is 11.8 Å². The van der Waals surface area contributed by atoms with E-state index in [1.165, 1.54) is 6.07 Å². The molecule has 3 N–H and O–H groups in total. The van der Waals surface area contributed by atoms with Crippen LogP contribution in [-0.4, -0.2) is 63.4 Å². The molecule has 0 aromatic carbocycles. The summed E-state index contributed by atoms with van der Waals surface area (Å²) in [4.78, 5) is 34.6. The lowest BCUT2D eigenvalue weighted by atomic mass is 10.2. The fourth-order valence-corrected chi connectivity index (χ4v) is 3.63. The number of aromatic nitrogens is 2. The summed E-state index contributed by atoms with van der Waals surface area (Å²) < 4.78 is 0. The summed E-state index contributed by atoms with van der Waals surface area (Å²) >= 11 is 1.61. The van der Waals surface area contributed by atoms with Crippen molar-refractivity contribution in [3.05, 3.63) is 22.1 Å². The summed E-state index contributed by atoms with van der Waals surface area (Å²) in [6, 6.07) is 1.74. The van der Waals surface area contributed by atoms with Gasteiger partial charge in [-0.05, 0) is 26.1 Å². The second-order valence-corrected chi connectivity index (χ2v) is 6.94. The van der Waals surface area contributed by atoms with Gasteiger partial charge in [0, 0.05) is 31.7 Å². The first-order chi connectivity index (χ1) is 10.9. The highest BCUT2D eigenvalue weighted by Crippen LogP contribution is 2.21. The Morgan fingerprint density at radius 1 is 1.65 bits per heavy atom. The predicted molar refractivity (Wildman–Crippen MR) is 93.3 cm³/mol. The zero-order valence-corrected chi connectivity index (χ0v) is 14.7. The van der Waals surface area contributed by atoms with E-state index in [0.717, 1.165) is 25.9 Å². The molecule has 23 heavy (non-hydrogen) atoms. The maximum atomic E-state index is 12.4. The molecule has 0 saturated carbocycles. The van der Waals surface area contributed by atoms with Gasteiger partial charge in [0.05, 0.1) is 10.9 Å². The number of likely N-dealkylation sites (tertiary alicyclic amines) is 1. The molecule has 1 aliphatic heterocycles. The average Bonchev–Trinajstić information content (AvgIpc) is 2.97. The number of anilines is 1. The Morgan fingerprint density at radius 2 is 2.39 bits per heavy atom. The molecule has 1 aromatic rings. The summed E-state index contributed by atoms with van der Waals surface area (Å²) in [7, 11) is 1.99. The molecule has 0 bridgehead atoms. The Bertz CT molecular complexity index is 602. The number of likely N-dealkylation sites (N-methyl/N-ethyl adjacent to an activating group) is 1. The van der Waals surface area contributed by atoms with Gasteiger partial charge < -0.3 is 10.6 Å². The Kier molecular flexibility index (Phi) is 6.06. The third kappa shape index (κ3) is 4.48. The van der Waals surface area contributed by atoms with Crippen LogP contribution in [0.15, 0.2) is 10.9 Å². The molecule has 1 saturated heterocycles. The fourth-order valence-electron chi connectivity index (χ4n) is 2.94. The first-order valence-corrected chi connectivity index (χ1v) is 9.11. The van der Waals surface area contributed by atoms with Crippen LogP contribution in [0.1, 0.15) is 25.5 Å². The number of carbonyl (C=O) groups is 1. The van der Waals surface area contributed by atoms with E-state index in [4.69, 9.17) is 5.73 Å². The Balaban J connectivity index is 1.95. The molecule has 0 spiro atoms. The second-order valence-electron chi connectivity index (χ2n) is 5.90. The van der Waals surface area contributed by atoms with Crippen molar-refractivity contribution in [2.75, 3.05) is 32.1 Å². The summed E-state index contributed by atoms with van der Waals surface area (Å²) in [5, 5.41) is 0.0493. The van der Waals surface area contributed by atoms with E-state index in [1.807, 2.05) is 25.1 Å². The molecule has 2 heterocycles. The molecule has 0 aliphatic carbocycles. The van der Waals surface area contributed by atoms with Gasteiger partial charge in [-0.2, -0.15) is 11.8 Å². The minimum absolute atomic E-state index is 0.0493. The first kappa shape index (κ1) is 17.8. The summed E-state index contributed by atoms with van der Waals surface area (Å²) in [6.07, 6.45) is 3.77. The minimum Gasteiger partial charge on any atom is -0.369 e. The van der Waals surface area contributed by atoms with Crippen LogP contribution >= 0.6 is 11.8 Å². The molecule has 1 aliphatic rings. The third-order valence-corrected chi connectivity index (χ3v) is 5.36. The second kappa shape index (κ2) is 7.83. The topological polar surface area (TPSA) is 95.3 Å². The third-order valence-electron chi connectivity index (χ3n) is 4.25. The first-order valence-electron chi connectivity index (χ1n) is 7.82. The van der Waals surface area contributed by atoms with Crippen molar-refractivity contribution in [3.63, 3.8) is 0 Å². The number of aromatic amines is 1. The van der Waals surface area contributed by atoms with Crippen LogP contribution in [0.4, 0.5) is 5.95 Å². The maximum Gasteiger partial charge on any atom is 0.252 e. The number of nitrogen functional groups attached to an aromatic ring is 1. The van der Waals surface area contributed by atoms with Crippen LogP contribution in [0.5, 0.6) is 0 Å². The molecule has 7 nitrogen and oxygen atoms in total. The van der Waals surface area contributed by atoms with Crippen LogP contribution in [0.25, 0.3) is 0 Å². The molecule has 1 fully saturated rings. The molecule has 1 amide bonds. The van der Waals surface area contributed by atoms with Crippen LogP contribution in [0, 0.1) is 0 Å². The van der Waals surface area contributed by atoms with E-state index in [9.17, 15) is 9.59 Å². The van der Waals surface area contributed by atoms with Gasteiger partial charge in [0.25, 0.3) is 5.56 Å². The van der Waals surface area contributed by atoms with Crippen LogP contribution < -0.4 is 11.3 Å². The SMILES string of the molecule is CC[C@@H](SC)C(=O)N1CC[C@@H](N(C)Cc2cc(=O)[nH]c(N)n2)C1. The van der Waals surface area contributed by atoms with Crippen molar-refractivity contribution in [1.82, 2.24) is 19.8 Å². The highest BCUT2D eigenvalue weighted by atomic mass is 32.2. The minimum atomic E-state index is -0.241. The fraction of sp³-hybridized carbons (Fsp3) is 0.667. The number of hydrogen-bond acceptors (Lipinski definition) is 6. The number of amides is 1. The van der Waals surface area contributed by atoms with Gasteiger partial charge in [0.1, 0.15) is 0 Å². The van der Waals surface area contributed by atoms with E-state index < -0.39 is 0 Å². The Hall–Kier alpha value is -1.54. The number of carbonyl (C=O) groups excluding carboxylic acids is 1. The lowest BCUT2D eigenvalue weighted by Crippen LogP contribution is -2.39. The quantitative estimate of drug-likeness (QED) is 0.785. The lowest BCUT2D eigenvalue weighted by molar-refractivity contribution is -0.129. The van der Waals surface area contributed by atoms with Gasteiger partial charge in [-0.15, -0.1) is 0 Å². The summed E-state index contributed by atoms with van der Waals surface area (Å²) in [6.45, 7) is 4.10. The van der Waals surface area contributed by atoms with Crippen molar-refractivity contribution in [2.45, 2.75) is 37.6 Å². The van der Waals surface area contributed by atoms with Gasteiger partial charge in [-0.3, -0.25) is 19.5 Å². The molecule has 8 heteroatoms. The molecule has 2 atom stereocenters. The number of nitrogens with zero attached hydrogens (tertiary/aromatic N) is 3. The molecular formula is C15H25N5O2S. The van der Waals surface area contributed by atoms with E-state index in [2.05, 4.69) is 14.9 Å². The smallest absolute Gasteiger partial charge is 0.252 e. The zero-order chi connectivity index (χ0) is 17.0. The summed E-state index contributed by atoms with van der Waals surface area (Å²) in [5.74, 6) is 0.365. The Morgan fingerprint density at radius 3 is 3.00 bits per heavy atom. The largest absolute Gasteiger partial charge is 0.369 e. The van der Waals surface area contributed by atoms with Gasteiger partial charge >= 0.3 is 0 Å². The summed E-state index contributed by atoms with van der Waals surface area (Å²) in [5.41, 5.74) is 5.98. The standard InChI is InChI=1S/C15H25N5O2S/c1-4-12(23-3)14(22)20-6-5-11(9-20)19(2)8-10-7-13(21)18-15(16)17-10/h7,11-12H,4-6,8-9H2,1-3H3,(H3,16,17,18,21)/t11-,12-/m1/s1. The molecule has 0 unspecified atom stereocenters. The average molecular weight is 339 g/mol. The van der Waals surface area contributed by atoms with Crippen molar-refractivity contribution in [2.24, 2.45) is 0 Å². The molecule has 1 aromatic heterocycles. The van der Waals surface area contributed by atoms with Crippen LogP contribution in [-0.2, 0) is 11.3 Å². The van der Waals surface area contributed by atoms with Crippen molar-refractivity contribution < 1.29 is 4.79 Å². The molecule has 0 radical (unpaired) electrons. The number of nitrogens with two attached hydrogens (primary N) is 1. The highest BCUT2D eigenvalue weighted by Gasteiger charge is 2.31. The van der Waals surface area contributed by atoms with Crippen LogP contribution in [0.2, 0.25) is 0 Å². The van der Waals surface area contributed by atoms with Crippen molar-refractivity contribution in [3.8, 4) is 0 Å². The normalized spacial score (nSPS) is 19.3.